The molecular formula is C38H55N7O8. The monoisotopic (exact) mass is 737 g/mol. The summed E-state index contributed by atoms with van der Waals surface area (Å²) in [5, 5.41) is 8.16. The van der Waals surface area contributed by atoms with Gasteiger partial charge in [-0.2, -0.15) is 0 Å². The number of piperidine rings is 1. The van der Waals surface area contributed by atoms with E-state index >= 15 is 0 Å². The number of nitrogens with one attached hydrogen (secondary N) is 3. The number of allylic oxidation sites excluding steroid dienone is 1. The number of carbonyl (C=O) groups is 7. The van der Waals surface area contributed by atoms with E-state index in [4.69, 9.17) is 10.5 Å². The molecule has 3 fully saturated rings. The van der Waals surface area contributed by atoms with E-state index in [1.54, 1.807) is 37.3 Å². The topological polar surface area (TPSA) is 201 Å². The average molecular weight is 738 g/mol. The smallest absolute Gasteiger partial charge is 0.328 e. The number of benzene rings is 1. The van der Waals surface area contributed by atoms with Gasteiger partial charge in [-0.15, -0.1) is 0 Å². The van der Waals surface area contributed by atoms with Crippen LogP contribution in [0.15, 0.2) is 36.4 Å². The number of methoxy groups -OCH3 is 1. The number of anilines is 1. The molecule has 15 nitrogen and oxygen atoms in total. The minimum Gasteiger partial charge on any atom is -0.467 e. The lowest BCUT2D eigenvalue weighted by Gasteiger charge is -2.38. The van der Waals surface area contributed by atoms with Crippen molar-refractivity contribution in [2.24, 2.45) is 0 Å². The Morgan fingerprint density at radius 2 is 1.60 bits per heavy atom. The van der Waals surface area contributed by atoms with Crippen molar-refractivity contribution >= 4 is 47.1 Å². The molecule has 3 saturated heterocycles. The summed E-state index contributed by atoms with van der Waals surface area (Å²) in [5.74, 6) is -3.15. The lowest BCUT2D eigenvalue weighted by molar-refractivity contribution is -0.152. The van der Waals surface area contributed by atoms with Crippen molar-refractivity contribution in [1.29, 1.82) is 0 Å². The van der Waals surface area contributed by atoms with Crippen LogP contribution >= 0.6 is 0 Å². The second-order valence-corrected chi connectivity index (χ2v) is 14.0. The fourth-order valence-corrected chi connectivity index (χ4v) is 7.30. The molecule has 6 amide bonds. The molecule has 5 atom stereocenters. The highest BCUT2D eigenvalue weighted by Gasteiger charge is 2.42. The third kappa shape index (κ3) is 11.0. The molecule has 0 spiro atoms. The van der Waals surface area contributed by atoms with Crippen LogP contribution in [0.25, 0.3) is 0 Å². The molecule has 5 N–H and O–H groups in total. The van der Waals surface area contributed by atoms with E-state index in [9.17, 15) is 33.6 Å². The summed E-state index contributed by atoms with van der Waals surface area (Å²) < 4.78 is 4.85. The molecule has 3 heterocycles. The van der Waals surface area contributed by atoms with Gasteiger partial charge in [0.05, 0.1) is 13.7 Å². The van der Waals surface area contributed by atoms with E-state index in [2.05, 4.69) is 22.9 Å². The van der Waals surface area contributed by atoms with Crippen molar-refractivity contribution in [3.05, 3.63) is 42.0 Å². The Morgan fingerprint density at radius 3 is 2.32 bits per heavy atom. The normalized spacial score (nSPS) is 21.2. The van der Waals surface area contributed by atoms with Gasteiger partial charge >= 0.3 is 5.97 Å². The zero-order chi connectivity index (χ0) is 38.5. The highest BCUT2D eigenvalue weighted by molar-refractivity contribution is 5.97. The summed E-state index contributed by atoms with van der Waals surface area (Å²) in [7, 11) is 1.27. The molecule has 0 saturated carbocycles. The first-order chi connectivity index (χ1) is 25.4. The minimum atomic E-state index is -0.984. The predicted octanol–water partition coefficient (Wildman–Crippen LogP) is 1.20. The van der Waals surface area contributed by atoms with Crippen molar-refractivity contribution in [2.75, 3.05) is 39.0 Å². The highest BCUT2D eigenvalue weighted by atomic mass is 16.5. The van der Waals surface area contributed by atoms with Crippen LogP contribution in [0, 0.1) is 0 Å². The maximum absolute atomic E-state index is 14.0. The van der Waals surface area contributed by atoms with Gasteiger partial charge < -0.3 is 41.1 Å². The molecule has 0 bridgehead atoms. The summed E-state index contributed by atoms with van der Waals surface area (Å²) in [6.07, 6.45) is 9.87. The van der Waals surface area contributed by atoms with Crippen molar-refractivity contribution < 1.29 is 38.3 Å². The van der Waals surface area contributed by atoms with Gasteiger partial charge in [0.15, 0.2) is 0 Å². The summed E-state index contributed by atoms with van der Waals surface area (Å²) in [6, 6.07) is 2.75. The highest BCUT2D eigenvalue weighted by Crippen LogP contribution is 2.25. The fourth-order valence-electron chi connectivity index (χ4n) is 7.30. The molecule has 0 aliphatic carbocycles. The van der Waals surface area contributed by atoms with Crippen molar-refractivity contribution in [1.82, 2.24) is 30.7 Å². The maximum Gasteiger partial charge on any atom is 0.328 e. The number of nitrogens with two attached hydrogens (primary N) is 1. The van der Waals surface area contributed by atoms with Crippen molar-refractivity contribution in [3.8, 4) is 0 Å². The van der Waals surface area contributed by atoms with Crippen molar-refractivity contribution in [3.63, 3.8) is 0 Å². The zero-order valence-corrected chi connectivity index (χ0v) is 31.1. The second-order valence-electron chi connectivity index (χ2n) is 14.0. The molecule has 53 heavy (non-hydrogen) atoms. The number of hydrogen-bond acceptors (Lipinski definition) is 9. The number of rotatable bonds is 15. The molecule has 4 rings (SSSR count). The third-order valence-electron chi connectivity index (χ3n) is 10.1. The number of nitrogen functional groups attached to an aromatic ring is 1. The van der Waals surface area contributed by atoms with E-state index in [-0.39, 0.29) is 18.9 Å². The van der Waals surface area contributed by atoms with Gasteiger partial charge in [-0.3, -0.25) is 28.8 Å². The quantitative estimate of drug-likeness (QED) is 0.0884. The number of likely N-dealkylation sites (tertiary alicyclic amines) is 3. The van der Waals surface area contributed by atoms with Crippen LogP contribution in [-0.2, 0) is 44.7 Å². The summed E-state index contributed by atoms with van der Waals surface area (Å²) in [5.41, 5.74) is 7.18. The Morgan fingerprint density at radius 1 is 0.906 bits per heavy atom. The summed E-state index contributed by atoms with van der Waals surface area (Å²) in [4.78, 5) is 97.0. The molecule has 0 radical (unpaired) electrons. The Balaban J connectivity index is 1.37. The second kappa shape index (κ2) is 19.8. The van der Waals surface area contributed by atoms with Crippen LogP contribution in [-0.4, -0.2) is 120 Å². The average Bonchev–Trinajstić information content (AvgIpc) is 3.85. The maximum atomic E-state index is 14.0. The third-order valence-corrected chi connectivity index (χ3v) is 10.1. The van der Waals surface area contributed by atoms with E-state index in [1.165, 1.54) is 27.9 Å². The van der Waals surface area contributed by atoms with Gasteiger partial charge in [0.2, 0.25) is 35.4 Å². The largest absolute Gasteiger partial charge is 0.467 e. The van der Waals surface area contributed by atoms with Gasteiger partial charge in [0, 0.05) is 31.7 Å². The number of amides is 6. The first kappa shape index (κ1) is 40.8. The summed E-state index contributed by atoms with van der Waals surface area (Å²) in [6.45, 7) is 4.24. The SMILES string of the molecule is CCCCC=CC(=O)NC(Cc1cccc(N)c1)C(=O)NCC(=O)N1CCCC1C(=O)N1CCCCC1C(=O)NC(C)C(=O)N1CCCC1C(=O)OC. The molecule has 1 aromatic carbocycles. The van der Waals surface area contributed by atoms with Crippen LogP contribution in [0.1, 0.15) is 83.6 Å². The van der Waals surface area contributed by atoms with Crippen molar-refractivity contribution in [2.45, 2.75) is 115 Å². The van der Waals surface area contributed by atoms with Crippen LogP contribution in [0.2, 0.25) is 0 Å². The number of carbonyl (C=O) groups excluding carboxylic acids is 7. The Hall–Kier alpha value is -4.95. The van der Waals surface area contributed by atoms with E-state index < -0.39 is 65.7 Å². The number of ether oxygens (including phenoxy) is 1. The predicted molar refractivity (Wildman–Crippen MR) is 197 cm³/mol. The molecule has 15 heteroatoms. The summed E-state index contributed by atoms with van der Waals surface area (Å²) >= 11 is 0. The number of hydrogen-bond donors (Lipinski definition) is 4. The van der Waals surface area contributed by atoms with Gasteiger partial charge in [0.1, 0.15) is 30.2 Å². The number of unbranched alkanes of at least 4 members (excludes halogenated alkanes) is 2. The van der Waals surface area contributed by atoms with E-state index in [0.717, 1.165) is 24.8 Å². The number of esters is 1. The molecular weight excluding hydrogens is 682 g/mol. The van der Waals surface area contributed by atoms with Gasteiger partial charge in [-0.1, -0.05) is 38.0 Å². The Kier molecular flexibility index (Phi) is 15.2. The minimum absolute atomic E-state index is 0.150. The van der Waals surface area contributed by atoms with E-state index in [0.29, 0.717) is 70.3 Å². The molecule has 290 valence electrons. The molecule has 3 aliphatic heterocycles. The molecule has 0 aromatic heterocycles. The lowest BCUT2D eigenvalue weighted by Crippen LogP contribution is -2.59. The van der Waals surface area contributed by atoms with Gasteiger partial charge in [-0.25, -0.2) is 4.79 Å². The molecule has 5 unspecified atom stereocenters. The first-order valence-electron chi connectivity index (χ1n) is 18.8. The van der Waals surface area contributed by atoms with Crippen LogP contribution in [0.4, 0.5) is 5.69 Å². The van der Waals surface area contributed by atoms with Gasteiger partial charge in [-0.05, 0) is 82.1 Å². The Bertz CT molecular complexity index is 1530. The fraction of sp³-hybridized carbons (Fsp3) is 0.605. The Labute approximate surface area is 311 Å². The number of nitrogens with zero attached hydrogens (tertiary/aromatic N) is 3. The van der Waals surface area contributed by atoms with Gasteiger partial charge in [0.25, 0.3) is 0 Å². The first-order valence-corrected chi connectivity index (χ1v) is 18.8. The lowest BCUT2D eigenvalue weighted by atomic mass is 9.99. The van der Waals surface area contributed by atoms with Crippen LogP contribution in [0.3, 0.4) is 0 Å². The van der Waals surface area contributed by atoms with Crippen LogP contribution < -0.4 is 21.7 Å². The zero-order valence-electron chi connectivity index (χ0n) is 31.1. The standard InChI is InChI=1S/C38H55N7O8/c1-4-5-6-7-18-32(46)42-28(23-26-13-10-14-27(39)22-26)34(48)40-24-33(47)43-20-11-16-30(43)37(51)44-19-9-8-15-29(44)35(49)41-25(2)36(50)45-21-12-17-31(45)38(52)53-3/h7,10,13-14,18,22,25,28-31H,4-6,8-9,11-12,15-17,19-21,23-24,39H2,1-3H3,(H,40,48)(H,41,49)(H,42,46). The van der Waals surface area contributed by atoms with Crippen LogP contribution in [0.5, 0.6) is 0 Å². The molecule has 1 aromatic rings. The van der Waals surface area contributed by atoms with E-state index in [1.807, 2.05) is 0 Å². The molecule has 3 aliphatic rings.